The van der Waals surface area contributed by atoms with Crippen LogP contribution in [0.15, 0.2) is 17.0 Å². The van der Waals surface area contributed by atoms with E-state index < -0.39 is 37.9 Å². The minimum atomic E-state index is -4.94. The molecule has 132 valence electrons. The summed E-state index contributed by atoms with van der Waals surface area (Å²) in [5.74, 6) is 0.616. The molecule has 12 heteroatoms. The summed E-state index contributed by atoms with van der Waals surface area (Å²) in [4.78, 5) is 19.5. The smallest absolute Gasteiger partial charge is 0.258 e. The monoisotopic (exact) mass is 400 g/mol. The quantitative estimate of drug-likeness (QED) is 0.207. The Balaban J connectivity index is 3.33. The van der Waals surface area contributed by atoms with Gasteiger partial charge in [-0.05, 0) is 12.2 Å². The Morgan fingerprint density at radius 1 is 1.21 bits per heavy atom. The van der Waals surface area contributed by atoms with Gasteiger partial charge in [-0.1, -0.05) is 37.3 Å². The molecule has 0 atom stereocenters. The lowest BCUT2D eigenvalue weighted by atomic mass is 10.1. The van der Waals surface area contributed by atoms with Gasteiger partial charge in [0.1, 0.15) is 3.53 Å². The van der Waals surface area contributed by atoms with Crippen molar-refractivity contribution in [2.24, 2.45) is 0 Å². The molecule has 0 radical (unpaired) electrons. The van der Waals surface area contributed by atoms with Gasteiger partial charge in [-0.15, -0.1) is 11.8 Å². The first-order valence-electron chi connectivity index (χ1n) is 6.46. The van der Waals surface area contributed by atoms with E-state index in [0.717, 1.165) is 12.8 Å². The van der Waals surface area contributed by atoms with Gasteiger partial charge in [0.25, 0.3) is 11.4 Å². The van der Waals surface area contributed by atoms with Crippen molar-refractivity contribution in [2.45, 2.75) is 30.8 Å². The number of benzene rings is 1. The van der Waals surface area contributed by atoms with Gasteiger partial charge in [0.2, 0.25) is 0 Å². The number of hydrogen-bond donors (Lipinski definition) is 0. The third kappa shape index (κ3) is 5.60. The van der Waals surface area contributed by atoms with Gasteiger partial charge in [0.05, 0.1) is 15.4 Å². The summed E-state index contributed by atoms with van der Waals surface area (Å²) in [5, 5.41) is 22.1. The van der Waals surface area contributed by atoms with E-state index >= 15 is 0 Å². The lowest BCUT2D eigenvalue weighted by molar-refractivity contribution is -0.400. The molecular formula is C12H11F3N2O4S3. The van der Waals surface area contributed by atoms with Crippen molar-refractivity contribution in [2.75, 3.05) is 5.75 Å². The Labute approximate surface area is 148 Å². The molecule has 0 aromatic heterocycles. The first-order valence-corrected chi connectivity index (χ1v) is 8.67. The van der Waals surface area contributed by atoms with E-state index in [1.807, 2.05) is 6.92 Å². The summed E-state index contributed by atoms with van der Waals surface area (Å²) in [7, 11) is 0. The maximum Gasteiger partial charge on any atom is 0.416 e. The summed E-state index contributed by atoms with van der Waals surface area (Å²) in [6, 6.07) is 0.573. The van der Waals surface area contributed by atoms with Gasteiger partial charge in [0, 0.05) is 12.1 Å². The molecule has 0 unspecified atom stereocenters. The van der Waals surface area contributed by atoms with Gasteiger partial charge in [-0.2, -0.15) is 13.2 Å². The molecule has 0 amide bonds. The first kappa shape index (κ1) is 20.6. The molecule has 24 heavy (non-hydrogen) atoms. The Morgan fingerprint density at radius 2 is 1.71 bits per heavy atom. The van der Waals surface area contributed by atoms with Crippen LogP contribution in [-0.4, -0.2) is 19.1 Å². The van der Waals surface area contributed by atoms with Gasteiger partial charge in [-0.25, -0.2) is 0 Å². The predicted octanol–water partition coefficient (Wildman–Crippen LogP) is 5.43. The third-order valence-corrected chi connectivity index (χ3v) is 5.40. The summed E-state index contributed by atoms with van der Waals surface area (Å²) in [6.07, 6.45) is -3.22. The van der Waals surface area contributed by atoms with Crippen LogP contribution >= 0.6 is 35.7 Å². The van der Waals surface area contributed by atoms with Crippen LogP contribution in [0.4, 0.5) is 24.5 Å². The maximum atomic E-state index is 12.8. The molecule has 0 fully saturated rings. The van der Waals surface area contributed by atoms with Gasteiger partial charge in [-0.3, -0.25) is 20.2 Å². The SMILES string of the molecule is CCCCSC(=S)Sc1c([N+](=O)[O-])cc(C(F)(F)F)cc1[N+](=O)[O-]. The van der Waals surface area contributed by atoms with Gasteiger partial charge in [0.15, 0.2) is 4.90 Å². The molecule has 0 aliphatic rings. The first-order chi connectivity index (χ1) is 11.1. The van der Waals surface area contributed by atoms with Crippen molar-refractivity contribution < 1.29 is 23.0 Å². The molecule has 1 aromatic rings. The Morgan fingerprint density at radius 3 is 2.08 bits per heavy atom. The number of thioether (sulfide) groups is 2. The molecule has 0 aliphatic carbocycles. The van der Waals surface area contributed by atoms with Crippen molar-refractivity contribution in [3.63, 3.8) is 0 Å². The standard InChI is InChI=1S/C12H11F3N2O4S3/c1-2-3-4-23-11(22)24-10-8(16(18)19)5-7(12(13,14)15)6-9(10)17(20)21/h5-6H,2-4H2,1H3. The average molecular weight is 400 g/mol. The highest BCUT2D eigenvalue weighted by Crippen LogP contribution is 2.44. The summed E-state index contributed by atoms with van der Waals surface area (Å²) in [5.41, 5.74) is -3.42. The number of nitro benzene ring substituents is 2. The molecule has 0 saturated carbocycles. The molecular weight excluding hydrogens is 389 g/mol. The van der Waals surface area contributed by atoms with Crippen molar-refractivity contribution in [1.82, 2.24) is 0 Å². The minimum absolute atomic E-state index is 0.175. The Bertz CT molecular complexity index is 632. The number of rotatable bonds is 6. The Hall–Kier alpha value is -1.40. The zero-order valence-electron chi connectivity index (χ0n) is 12.2. The fourth-order valence-electron chi connectivity index (χ4n) is 1.55. The fourth-order valence-corrected chi connectivity index (χ4v) is 4.03. The highest BCUT2D eigenvalue weighted by Gasteiger charge is 2.38. The molecule has 0 saturated heterocycles. The predicted molar refractivity (Wildman–Crippen MR) is 90.6 cm³/mol. The maximum absolute atomic E-state index is 12.8. The molecule has 0 spiro atoms. The molecule has 6 nitrogen and oxygen atoms in total. The number of alkyl halides is 3. The van der Waals surface area contributed by atoms with Crippen LogP contribution in [0.5, 0.6) is 0 Å². The van der Waals surface area contributed by atoms with E-state index in [1.54, 1.807) is 0 Å². The van der Waals surface area contributed by atoms with Crippen molar-refractivity contribution in [3.05, 3.63) is 37.9 Å². The average Bonchev–Trinajstić information content (AvgIpc) is 2.45. The minimum Gasteiger partial charge on any atom is -0.258 e. The van der Waals surface area contributed by atoms with Gasteiger partial charge >= 0.3 is 6.18 Å². The van der Waals surface area contributed by atoms with E-state index in [-0.39, 0.29) is 15.7 Å². The van der Waals surface area contributed by atoms with Crippen LogP contribution in [0.25, 0.3) is 0 Å². The molecule has 0 N–H and O–H groups in total. The zero-order valence-corrected chi connectivity index (χ0v) is 14.6. The fraction of sp³-hybridized carbons (Fsp3) is 0.417. The Kier molecular flexibility index (Phi) is 7.42. The second kappa shape index (κ2) is 8.62. The molecule has 1 aromatic carbocycles. The molecule has 0 aliphatic heterocycles. The van der Waals surface area contributed by atoms with Gasteiger partial charge < -0.3 is 0 Å². The number of halogens is 3. The van der Waals surface area contributed by atoms with E-state index in [0.29, 0.717) is 17.5 Å². The number of unbranched alkanes of at least 4 members (excludes halogenated alkanes) is 1. The lowest BCUT2D eigenvalue weighted by Gasteiger charge is -2.10. The largest absolute Gasteiger partial charge is 0.416 e. The summed E-state index contributed by atoms with van der Waals surface area (Å²) < 4.78 is 38.6. The zero-order chi connectivity index (χ0) is 18.5. The highest BCUT2D eigenvalue weighted by molar-refractivity contribution is 8.47. The number of thiocarbonyl (C=S) groups is 1. The normalized spacial score (nSPS) is 11.3. The van der Waals surface area contributed by atoms with E-state index in [2.05, 4.69) is 0 Å². The lowest BCUT2D eigenvalue weighted by Crippen LogP contribution is -2.08. The number of hydrogen-bond acceptors (Lipinski definition) is 7. The van der Waals surface area contributed by atoms with Crippen LogP contribution < -0.4 is 0 Å². The van der Waals surface area contributed by atoms with Crippen molar-refractivity contribution in [3.8, 4) is 0 Å². The molecule has 1 rings (SSSR count). The third-order valence-electron chi connectivity index (χ3n) is 2.67. The summed E-state index contributed by atoms with van der Waals surface area (Å²) >= 11 is 6.75. The van der Waals surface area contributed by atoms with E-state index in [1.165, 1.54) is 11.8 Å². The second-order valence-electron chi connectivity index (χ2n) is 4.41. The van der Waals surface area contributed by atoms with Crippen LogP contribution in [-0.2, 0) is 6.18 Å². The van der Waals surface area contributed by atoms with Crippen LogP contribution in [0.2, 0.25) is 0 Å². The van der Waals surface area contributed by atoms with Crippen LogP contribution in [0.1, 0.15) is 25.3 Å². The van der Waals surface area contributed by atoms with Crippen LogP contribution in [0.3, 0.4) is 0 Å². The molecule has 0 bridgehead atoms. The second-order valence-corrected chi connectivity index (χ2v) is 7.72. The van der Waals surface area contributed by atoms with E-state index in [9.17, 15) is 33.4 Å². The van der Waals surface area contributed by atoms with Crippen LogP contribution in [0, 0.1) is 20.2 Å². The van der Waals surface area contributed by atoms with E-state index in [4.69, 9.17) is 12.2 Å². The van der Waals surface area contributed by atoms with Crippen molar-refractivity contribution in [1.29, 1.82) is 0 Å². The highest BCUT2D eigenvalue weighted by atomic mass is 32.2. The molecule has 0 heterocycles. The van der Waals surface area contributed by atoms with Crippen molar-refractivity contribution >= 4 is 50.6 Å². The summed E-state index contributed by atoms with van der Waals surface area (Å²) in [6.45, 7) is 1.95. The topological polar surface area (TPSA) is 86.3 Å². The number of nitro groups is 2. The number of nitrogens with zero attached hydrogens (tertiary/aromatic N) is 2.